The van der Waals surface area contributed by atoms with Crippen LogP contribution in [0.5, 0.6) is 0 Å². The van der Waals surface area contributed by atoms with Crippen molar-refractivity contribution in [1.82, 2.24) is 23.8 Å². The zero-order valence-electron chi connectivity index (χ0n) is 12.5. The summed E-state index contributed by atoms with van der Waals surface area (Å²) in [6.45, 7) is 0.463. The molecule has 24 heavy (non-hydrogen) atoms. The number of amides is 1. The van der Waals surface area contributed by atoms with Gasteiger partial charge in [0, 0.05) is 24.5 Å². The van der Waals surface area contributed by atoms with E-state index in [4.69, 9.17) is 0 Å². The number of aromatic nitrogens is 4. The lowest BCUT2D eigenvalue weighted by Crippen LogP contribution is -2.31. The Morgan fingerprint density at radius 1 is 1.25 bits per heavy atom. The van der Waals surface area contributed by atoms with Crippen molar-refractivity contribution in [1.29, 1.82) is 0 Å². The molecule has 0 radical (unpaired) electrons. The molecule has 4 aromatic rings. The third-order valence-electron chi connectivity index (χ3n) is 3.74. The Balaban J connectivity index is 1.52. The Labute approximate surface area is 146 Å². The Morgan fingerprint density at radius 3 is 2.96 bits per heavy atom. The minimum atomic E-state index is -0.128. The van der Waals surface area contributed by atoms with Crippen molar-refractivity contribution in [2.75, 3.05) is 6.54 Å². The standard InChI is InChI=1S/C16H13N5OS2/c22-16(11-2-3-13-14(8-11)20-24-19-13)17-9-15(12-4-7-23-10-12)21-6-1-5-18-21/h1-8,10,15H,9H2,(H,17,22)/t15-/m1/s1. The number of rotatable bonds is 5. The molecule has 1 amide bonds. The lowest BCUT2D eigenvalue weighted by atomic mass is 10.1. The van der Waals surface area contributed by atoms with Gasteiger partial charge >= 0.3 is 0 Å². The molecule has 0 aliphatic rings. The summed E-state index contributed by atoms with van der Waals surface area (Å²) >= 11 is 2.78. The number of thiophene rings is 1. The highest BCUT2D eigenvalue weighted by atomic mass is 32.1. The average molecular weight is 355 g/mol. The minimum Gasteiger partial charge on any atom is -0.350 e. The second kappa shape index (κ2) is 6.50. The summed E-state index contributed by atoms with van der Waals surface area (Å²) < 4.78 is 10.2. The number of carbonyl (C=O) groups excluding carboxylic acids is 1. The molecule has 3 aromatic heterocycles. The smallest absolute Gasteiger partial charge is 0.251 e. The van der Waals surface area contributed by atoms with E-state index in [2.05, 4.69) is 30.6 Å². The molecule has 6 nitrogen and oxygen atoms in total. The van der Waals surface area contributed by atoms with E-state index >= 15 is 0 Å². The number of hydrogen-bond acceptors (Lipinski definition) is 6. The van der Waals surface area contributed by atoms with E-state index in [0.29, 0.717) is 12.1 Å². The van der Waals surface area contributed by atoms with Gasteiger partial charge in [-0.05, 0) is 46.7 Å². The first kappa shape index (κ1) is 15.0. The van der Waals surface area contributed by atoms with E-state index in [1.807, 2.05) is 28.4 Å². The fourth-order valence-electron chi connectivity index (χ4n) is 2.51. The van der Waals surface area contributed by atoms with E-state index in [9.17, 15) is 4.79 Å². The van der Waals surface area contributed by atoms with Crippen LogP contribution in [0, 0.1) is 0 Å². The van der Waals surface area contributed by atoms with Crippen molar-refractivity contribution in [3.8, 4) is 0 Å². The first-order chi connectivity index (χ1) is 11.8. The van der Waals surface area contributed by atoms with Crippen LogP contribution >= 0.6 is 23.1 Å². The van der Waals surface area contributed by atoms with Gasteiger partial charge in [0.15, 0.2) is 0 Å². The maximum atomic E-state index is 12.5. The van der Waals surface area contributed by atoms with Crippen LogP contribution in [0.1, 0.15) is 22.0 Å². The van der Waals surface area contributed by atoms with Crippen molar-refractivity contribution < 1.29 is 4.79 Å². The monoisotopic (exact) mass is 355 g/mol. The predicted molar refractivity (Wildman–Crippen MR) is 94.4 cm³/mol. The van der Waals surface area contributed by atoms with Crippen molar-refractivity contribution in [3.63, 3.8) is 0 Å². The molecule has 120 valence electrons. The number of fused-ring (bicyclic) bond motifs is 1. The fourth-order valence-corrected chi connectivity index (χ4v) is 3.73. The molecule has 1 atom stereocenters. The van der Waals surface area contributed by atoms with E-state index < -0.39 is 0 Å². The van der Waals surface area contributed by atoms with E-state index in [-0.39, 0.29) is 11.9 Å². The Bertz CT molecular complexity index is 912. The van der Waals surface area contributed by atoms with Crippen LogP contribution in [0.25, 0.3) is 11.0 Å². The normalized spacial score (nSPS) is 12.3. The summed E-state index contributed by atoms with van der Waals surface area (Å²) in [6, 6.07) is 9.26. The van der Waals surface area contributed by atoms with Gasteiger partial charge in [-0.25, -0.2) is 0 Å². The lowest BCUT2D eigenvalue weighted by molar-refractivity contribution is 0.0949. The molecule has 0 saturated heterocycles. The van der Waals surface area contributed by atoms with Crippen molar-refractivity contribution in [2.24, 2.45) is 0 Å². The number of nitrogens with zero attached hydrogens (tertiary/aromatic N) is 4. The van der Waals surface area contributed by atoms with E-state index in [1.54, 1.807) is 29.7 Å². The number of nitrogens with one attached hydrogen (secondary N) is 1. The molecule has 1 aromatic carbocycles. The van der Waals surface area contributed by atoms with Crippen LogP contribution in [0.2, 0.25) is 0 Å². The Hall–Kier alpha value is -2.58. The summed E-state index contributed by atoms with van der Waals surface area (Å²) in [5, 5.41) is 11.4. The molecule has 0 aliphatic heterocycles. The van der Waals surface area contributed by atoms with Gasteiger partial charge in [-0.1, -0.05) is 0 Å². The quantitative estimate of drug-likeness (QED) is 0.597. The number of carbonyl (C=O) groups is 1. The van der Waals surface area contributed by atoms with Crippen LogP contribution in [0.15, 0.2) is 53.5 Å². The van der Waals surface area contributed by atoms with Crippen molar-refractivity contribution in [3.05, 3.63) is 64.6 Å². The van der Waals surface area contributed by atoms with E-state index in [0.717, 1.165) is 28.3 Å². The van der Waals surface area contributed by atoms with Crippen molar-refractivity contribution >= 4 is 40.0 Å². The molecule has 1 N–H and O–H groups in total. The highest BCUT2D eigenvalue weighted by molar-refractivity contribution is 7.08. The Morgan fingerprint density at radius 2 is 2.17 bits per heavy atom. The molecule has 3 heterocycles. The molecule has 0 spiro atoms. The van der Waals surface area contributed by atoms with Gasteiger partial charge in [0.05, 0.1) is 17.8 Å². The zero-order valence-corrected chi connectivity index (χ0v) is 14.1. The van der Waals surface area contributed by atoms with Gasteiger partial charge in [-0.3, -0.25) is 9.48 Å². The van der Waals surface area contributed by atoms with Gasteiger partial charge < -0.3 is 5.32 Å². The molecule has 0 unspecified atom stereocenters. The first-order valence-electron chi connectivity index (χ1n) is 7.33. The van der Waals surface area contributed by atoms with Gasteiger partial charge in [0.1, 0.15) is 11.0 Å². The lowest BCUT2D eigenvalue weighted by Gasteiger charge is -2.17. The summed E-state index contributed by atoms with van der Waals surface area (Å²) in [5.41, 5.74) is 3.27. The van der Waals surface area contributed by atoms with Crippen LogP contribution in [-0.4, -0.2) is 31.0 Å². The van der Waals surface area contributed by atoms with E-state index in [1.165, 1.54) is 0 Å². The number of benzene rings is 1. The second-order valence-corrected chi connectivity index (χ2v) is 6.54. The van der Waals surface area contributed by atoms with Crippen LogP contribution in [-0.2, 0) is 0 Å². The highest BCUT2D eigenvalue weighted by Crippen LogP contribution is 2.20. The average Bonchev–Trinajstić information content (AvgIpc) is 3.36. The maximum absolute atomic E-state index is 12.5. The molecular weight excluding hydrogens is 342 g/mol. The SMILES string of the molecule is O=C(NC[C@H](c1ccsc1)n1cccn1)c1ccc2nsnc2c1. The predicted octanol–water partition coefficient (Wildman–Crippen LogP) is 2.97. The maximum Gasteiger partial charge on any atom is 0.251 e. The minimum absolute atomic E-state index is 0.0279. The number of hydrogen-bond donors (Lipinski definition) is 1. The van der Waals surface area contributed by atoms with Crippen LogP contribution in [0.3, 0.4) is 0 Å². The van der Waals surface area contributed by atoms with Crippen molar-refractivity contribution in [2.45, 2.75) is 6.04 Å². The van der Waals surface area contributed by atoms with Gasteiger partial charge in [0.25, 0.3) is 5.91 Å². The van der Waals surface area contributed by atoms with Crippen LogP contribution < -0.4 is 5.32 Å². The highest BCUT2D eigenvalue weighted by Gasteiger charge is 2.16. The summed E-state index contributed by atoms with van der Waals surface area (Å²) in [6.07, 6.45) is 3.64. The second-order valence-electron chi connectivity index (χ2n) is 5.24. The zero-order chi connectivity index (χ0) is 16.4. The molecule has 8 heteroatoms. The van der Waals surface area contributed by atoms with Crippen LogP contribution in [0.4, 0.5) is 0 Å². The van der Waals surface area contributed by atoms with Gasteiger partial charge in [-0.2, -0.15) is 25.2 Å². The van der Waals surface area contributed by atoms with Gasteiger partial charge in [0.2, 0.25) is 0 Å². The molecule has 0 fully saturated rings. The molecule has 0 saturated carbocycles. The molecule has 4 rings (SSSR count). The topological polar surface area (TPSA) is 72.7 Å². The third kappa shape index (κ3) is 2.93. The summed E-state index contributed by atoms with van der Waals surface area (Å²) in [4.78, 5) is 12.5. The molecule has 0 bridgehead atoms. The van der Waals surface area contributed by atoms with Gasteiger partial charge in [-0.15, -0.1) is 0 Å². The molecular formula is C16H13N5OS2. The third-order valence-corrected chi connectivity index (χ3v) is 5.00. The first-order valence-corrected chi connectivity index (χ1v) is 9.00. The fraction of sp³-hybridized carbons (Fsp3) is 0.125. The Kier molecular flexibility index (Phi) is 4.06. The summed E-state index contributed by atoms with van der Waals surface area (Å²) in [7, 11) is 0. The molecule has 0 aliphatic carbocycles. The largest absolute Gasteiger partial charge is 0.350 e. The summed E-state index contributed by atoms with van der Waals surface area (Å²) in [5.74, 6) is -0.128.